The molecule has 0 radical (unpaired) electrons. The molecule has 0 fully saturated rings. The van der Waals surface area contributed by atoms with Crippen molar-refractivity contribution in [1.29, 1.82) is 0 Å². The Kier molecular flexibility index (Phi) is 9.67. The quantitative estimate of drug-likeness (QED) is 0.559. The largest absolute Gasteiger partial charge is 0.394 e. The Morgan fingerprint density at radius 3 is 2.56 bits per heavy atom. The van der Waals surface area contributed by atoms with Crippen LogP contribution in [0.4, 0.5) is 0 Å². The van der Waals surface area contributed by atoms with Crippen molar-refractivity contribution in [2.75, 3.05) is 19.8 Å². The second-order valence-electron chi connectivity index (χ2n) is 3.81. The van der Waals surface area contributed by atoms with E-state index < -0.39 is 5.54 Å². The van der Waals surface area contributed by atoms with Gasteiger partial charge < -0.3 is 15.5 Å². The third-order valence-corrected chi connectivity index (χ3v) is 4.08. The van der Waals surface area contributed by atoms with E-state index in [2.05, 4.69) is 27.8 Å². The Morgan fingerprint density at radius 1 is 1.50 bits per heavy atom. The van der Waals surface area contributed by atoms with E-state index in [1.54, 1.807) is 12.2 Å². The Balaban J connectivity index is 4.07. The summed E-state index contributed by atoms with van der Waals surface area (Å²) in [7, 11) is 0. The van der Waals surface area contributed by atoms with Crippen LogP contribution in [0.15, 0.2) is 22.5 Å². The SMILES string of the molecule is C=C/C=C(/Br)SC(=O)CCNC(CC)(CO)CO. The topological polar surface area (TPSA) is 69.6 Å². The molecule has 0 aromatic heterocycles. The summed E-state index contributed by atoms with van der Waals surface area (Å²) in [6, 6.07) is 0. The van der Waals surface area contributed by atoms with Crippen LogP contribution in [0, 0.1) is 0 Å². The lowest BCUT2D eigenvalue weighted by atomic mass is 9.98. The van der Waals surface area contributed by atoms with Crippen LogP contribution >= 0.6 is 27.7 Å². The highest BCUT2D eigenvalue weighted by Crippen LogP contribution is 2.24. The summed E-state index contributed by atoms with van der Waals surface area (Å²) in [6.07, 6.45) is 4.23. The lowest BCUT2D eigenvalue weighted by Crippen LogP contribution is -2.51. The molecule has 0 bridgehead atoms. The minimum absolute atomic E-state index is 0.00774. The van der Waals surface area contributed by atoms with E-state index in [0.29, 0.717) is 23.2 Å². The molecule has 3 N–H and O–H groups in total. The molecule has 0 atom stereocenters. The smallest absolute Gasteiger partial charge is 0.195 e. The molecule has 6 heteroatoms. The van der Waals surface area contributed by atoms with Gasteiger partial charge >= 0.3 is 0 Å². The standard InChI is InChI=1S/C12H20BrNO3S/c1-3-5-10(13)18-11(17)6-7-14-12(4-2,8-15)9-16/h3,5,14-16H,1,4,6-9H2,2H3/b10-5-. The predicted octanol–water partition coefficient (Wildman–Crippen LogP) is 1.78. The van der Waals surface area contributed by atoms with Crippen molar-refractivity contribution in [1.82, 2.24) is 5.32 Å². The van der Waals surface area contributed by atoms with E-state index in [9.17, 15) is 15.0 Å². The lowest BCUT2D eigenvalue weighted by molar-refractivity contribution is -0.111. The van der Waals surface area contributed by atoms with E-state index >= 15 is 0 Å². The number of aliphatic hydroxyl groups excluding tert-OH is 2. The molecule has 0 amide bonds. The van der Waals surface area contributed by atoms with Gasteiger partial charge in [0.15, 0.2) is 5.12 Å². The third-order valence-electron chi connectivity index (χ3n) is 2.57. The fourth-order valence-electron chi connectivity index (χ4n) is 1.23. The Bertz CT molecular complexity index is 295. The van der Waals surface area contributed by atoms with Gasteiger partial charge in [-0.25, -0.2) is 0 Å². The first-order valence-corrected chi connectivity index (χ1v) is 7.30. The highest BCUT2D eigenvalue weighted by molar-refractivity contribution is 9.14. The molecule has 0 aliphatic carbocycles. The summed E-state index contributed by atoms with van der Waals surface area (Å²) in [5.74, 6) is 0. The zero-order chi connectivity index (χ0) is 14.0. The molecule has 4 nitrogen and oxygen atoms in total. The maximum Gasteiger partial charge on any atom is 0.195 e. The van der Waals surface area contributed by atoms with Crippen molar-refractivity contribution in [2.24, 2.45) is 0 Å². The second-order valence-corrected chi connectivity index (χ2v) is 6.29. The molecule has 0 aliphatic rings. The predicted molar refractivity (Wildman–Crippen MR) is 79.6 cm³/mol. The van der Waals surface area contributed by atoms with Gasteiger partial charge in [-0.3, -0.25) is 4.79 Å². The molecule has 104 valence electrons. The Labute approximate surface area is 121 Å². The van der Waals surface area contributed by atoms with Crippen molar-refractivity contribution in [3.05, 3.63) is 22.5 Å². The number of rotatable bonds is 9. The normalized spacial score (nSPS) is 12.6. The van der Waals surface area contributed by atoms with E-state index in [1.807, 2.05) is 6.92 Å². The van der Waals surface area contributed by atoms with Crippen molar-refractivity contribution >= 4 is 32.8 Å². The average molecular weight is 338 g/mol. The number of carbonyl (C=O) groups is 1. The van der Waals surface area contributed by atoms with Gasteiger partial charge in [-0.15, -0.1) is 0 Å². The summed E-state index contributed by atoms with van der Waals surface area (Å²) < 4.78 is 0.716. The number of nitrogens with one attached hydrogen (secondary N) is 1. The van der Waals surface area contributed by atoms with Gasteiger partial charge in [0.05, 0.1) is 22.6 Å². The third kappa shape index (κ3) is 6.70. The first kappa shape index (κ1) is 17.9. The molecule has 0 saturated carbocycles. The van der Waals surface area contributed by atoms with Crippen LogP contribution in [-0.4, -0.2) is 40.6 Å². The summed E-state index contributed by atoms with van der Waals surface area (Å²) in [4.78, 5) is 11.6. The summed E-state index contributed by atoms with van der Waals surface area (Å²) >= 11 is 4.34. The number of halogens is 1. The highest BCUT2D eigenvalue weighted by Gasteiger charge is 2.25. The number of hydrogen-bond acceptors (Lipinski definition) is 5. The Hall–Kier alpha value is -0.140. The average Bonchev–Trinajstić information content (AvgIpc) is 2.35. The van der Waals surface area contributed by atoms with Gasteiger partial charge in [0, 0.05) is 13.0 Å². The van der Waals surface area contributed by atoms with Crippen LogP contribution in [0.2, 0.25) is 0 Å². The van der Waals surface area contributed by atoms with E-state index in [4.69, 9.17) is 0 Å². The highest BCUT2D eigenvalue weighted by atomic mass is 79.9. The van der Waals surface area contributed by atoms with Crippen molar-refractivity contribution in [3.8, 4) is 0 Å². The lowest BCUT2D eigenvalue weighted by Gasteiger charge is -2.29. The van der Waals surface area contributed by atoms with Crippen LogP contribution in [0.1, 0.15) is 19.8 Å². The minimum Gasteiger partial charge on any atom is -0.394 e. The molecule has 0 spiro atoms. The minimum atomic E-state index is -0.695. The summed E-state index contributed by atoms with van der Waals surface area (Å²) in [5.41, 5.74) is -0.695. The Morgan fingerprint density at radius 2 is 2.11 bits per heavy atom. The molecule has 0 aliphatic heterocycles. The molecule has 0 rings (SSSR count). The van der Waals surface area contributed by atoms with Crippen molar-refractivity contribution in [2.45, 2.75) is 25.3 Å². The van der Waals surface area contributed by atoms with E-state index in [1.165, 1.54) is 0 Å². The molecule has 18 heavy (non-hydrogen) atoms. The van der Waals surface area contributed by atoms with Gasteiger partial charge in [0.25, 0.3) is 0 Å². The monoisotopic (exact) mass is 337 g/mol. The molecule has 0 aromatic rings. The number of carbonyl (C=O) groups excluding carboxylic acids is 1. The van der Waals surface area contributed by atoms with E-state index in [-0.39, 0.29) is 18.3 Å². The maximum atomic E-state index is 11.6. The molecule has 0 aromatic carbocycles. The van der Waals surface area contributed by atoms with Crippen molar-refractivity contribution < 1.29 is 15.0 Å². The zero-order valence-electron chi connectivity index (χ0n) is 10.5. The van der Waals surface area contributed by atoms with Gasteiger partial charge in [0.1, 0.15) is 0 Å². The number of allylic oxidation sites excluding steroid dienone is 2. The molecule has 0 unspecified atom stereocenters. The van der Waals surface area contributed by atoms with Crippen LogP contribution < -0.4 is 5.32 Å². The summed E-state index contributed by atoms with van der Waals surface area (Å²) in [5, 5.41) is 21.5. The second kappa shape index (κ2) is 9.75. The van der Waals surface area contributed by atoms with Gasteiger partial charge in [-0.05, 0) is 40.2 Å². The fourth-order valence-corrected chi connectivity index (χ4v) is 2.54. The van der Waals surface area contributed by atoms with Crippen LogP contribution in [0.3, 0.4) is 0 Å². The first-order chi connectivity index (χ1) is 8.53. The number of hydrogen-bond donors (Lipinski definition) is 3. The first-order valence-electron chi connectivity index (χ1n) is 5.69. The van der Waals surface area contributed by atoms with Crippen LogP contribution in [0.5, 0.6) is 0 Å². The van der Waals surface area contributed by atoms with Crippen LogP contribution in [-0.2, 0) is 4.79 Å². The van der Waals surface area contributed by atoms with Gasteiger partial charge in [-0.2, -0.15) is 0 Å². The van der Waals surface area contributed by atoms with Gasteiger partial charge in [-0.1, -0.05) is 19.6 Å². The molecule has 0 heterocycles. The zero-order valence-corrected chi connectivity index (χ0v) is 12.9. The number of thioether (sulfide) groups is 1. The van der Waals surface area contributed by atoms with Crippen LogP contribution in [0.25, 0.3) is 0 Å². The maximum absolute atomic E-state index is 11.6. The number of aliphatic hydroxyl groups is 2. The van der Waals surface area contributed by atoms with E-state index in [0.717, 1.165) is 11.8 Å². The fraction of sp³-hybridized carbons (Fsp3) is 0.583. The molecular weight excluding hydrogens is 318 g/mol. The van der Waals surface area contributed by atoms with Gasteiger partial charge in [0.2, 0.25) is 0 Å². The molecule has 0 saturated heterocycles. The summed E-state index contributed by atoms with van der Waals surface area (Å²) in [6.45, 7) is 5.53. The van der Waals surface area contributed by atoms with Crippen molar-refractivity contribution in [3.63, 3.8) is 0 Å². The molecular formula is C12H20BrNO3S.